The van der Waals surface area contributed by atoms with Gasteiger partial charge >= 0.3 is 13.3 Å². The molecular weight excluding hydrogens is 567 g/mol. The number of hydrogen-bond donors (Lipinski definition) is 1. The summed E-state index contributed by atoms with van der Waals surface area (Å²) in [5.74, 6) is 0.427. The number of aryl methyl sites for hydroxylation is 1. The van der Waals surface area contributed by atoms with Gasteiger partial charge in [-0.3, -0.25) is 18.9 Å². The lowest BCUT2D eigenvalue weighted by Crippen LogP contribution is -2.31. The van der Waals surface area contributed by atoms with Crippen molar-refractivity contribution in [3.8, 4) is 5.75 Å². The Labute approximate surface area is 258 Å². The highest BCUT2D eigenvalue weighted by molar-refractivity contribution is 7.54. The molecule has 1 aromatic carbocycles. The molecular formula is C33H55N2O7P. The number of rotatable bonds is 27. The standard InChI is InChI=1S/C33H55N2O7P/c1-3-4-5-6-7-8-9-10-11-12-13-14-15-19-24-39-25-20-26-41-43(38,42-31-21-17-16-18-22-31)29-40-27-23-35-28-30(2)32(36)34-33(35)37/h16-18,21-22,28H,3-15,19-20,23-27,29H2,1-2H3,(H,34,36,37). The number of H-pyrrole nitrogens is 1. The van der Waals surface area contributed by atoms with Crippen molar-refractivity contribution in [1.29, 1.82) is 0 Å². The smallest absolute Gasteiger partial charge is 0.404 e. The molecule has 0 amide bonds. The number of ether oxygens (including phenoxy) is 2. The molecule has 0 bridgehead atoms. The van der Waals surface area contributed by atoms with Crippen LogP contribution in [0.4, 0.5) is 0 Å². The quantitative estimate of drug-likeness (QED) is 0.0794. The maximum Gasteiger partial charge on any atom is 0.404 e. The molecule has 0 spiro atoms. The number of hydrogen-bond acceptors (Lipinski definition) is 7. The number of unbranched alkanes of at least 4 members (excludes halogenated alkanes) is 13. The minimum atomic E-state index is -3.61. The molecule has 0 aliphatic heterocycles. The first-order valence-corrected chi connectivity index (χ1v) is 18.1. The predicted molar refractivity (Wildman–Crippen MR) is 173 cm³/mol. The van der Waals surface area contributed by atoms with Crippen LogP contribution in [0.2, 0.25) is 0 Å². The van der Waals surface area contributed by atoms with E-state index in [0.29, 0.717) is 24.3 Å². The topological polar surface area (TPSA) is 109 Å². The highest BCUT2D eigenvalue weighted by Crippen LogP contribution is 2.48. The predicted octanol–water partition coefficient (Wildman–Crippen LogP) is 8.00. The molecule has 1 unspecified atom stereocenters. The van der Waals surface area contributed by atoms with E-state index in [9.17, 15) is 14.2 Å². The van der Waals surface area contributed by atoms with Crippen molar-refractivity contribution in [3.05, 3.63) is 62.9 Å². The molecule has 0 saturated carbocycles. The maximum absolute atomic E-state index is 13.4. The zero-order valence-corrected chi connectivity index (χ0v) is 27.5. The van der Waals surface area contributed by atoms with Crippen molar-refractivity contribution in [2.45, 2.75) is 117 Å². The molecule has 1 heterocycles. The van der Waals surface area contributed by atoms with E-state index in [1.807, 2.05) is 6.07 Å². The fourth-order valence-electron chi connectivity index (χ4n) is 4.72. The molecule has 0 fully saturated rings. The van der Waals surface area contributed by atoms with Crippen molar-refractivity contribution >= 4 is 7.60 Å². The average Bonchev–Trinajstić information content (AvgIpc) is 2.99. The van der Waals surface area contributed by atoms with E-state index in [-0.39, 0.29) is 26.1 Å². The Morgan fingerprint density at radius 2 is 1.30 bits per heavy atom. The summed E-state index contributed by atoms with van der Waals surface area (Å²) in [6.07, 6.45) is 20.4. The lowest BCUT2D eigenvalue weighted by Gasteiger charge is -2.19. The first-order chi connectivity index (χ1) is 20.9. The lowest BCUT2D eigenvalue weighted by molar-refractivity contribution is 0.107. The first kappa shape index (κ1) is 37.0. The third kappa shape index (κ3) is 17.6. The van der Waals surface area contributed by atoms with E-state index < -0.39 is 18.8 Å². The molecule has 0 radical (unpaired) electrons. The molecule has 2 rings (SSSR count). The number of para-hydroxylation sites is 1. The van der Waals surface area contributed by atoms with Crippen LogP contribution in [0.25, 0.3) is 0 Å². The minimum absolute atomic E-state index is 0.0964. The van der Waals surface area contributed by atoms with Gasteiger partial charge in [0.1, 0.15) is 5.75 Å². The van der Waals surface area contributed by atoms with Crippen LogP contribution >= 0.6 is 7.60 Å². The maximum atomic E-state index is 13.4. The van der Waals surface area contributed by atoms with Gasteiger partial charge in [-0.25, -0.2) is 9.36 Å². The van der Waals surface area contributed by atoms with Crippen LogP contribution < -0.4 is 15.8 Å². The zero-order chi connectivity index (χ0) is 31.0. The van der Waals surface area contributed by atoms with E-state index in [1.165, 1.54) is 94.2 Å². The monoisotopic (exact) mass is 622 g/mol. The molecule has 0 aliphatic carbocycles. The van der Waals surface area contributed by atoms with Crippen LogP contribution in [0.3, 0.4) is 0 Å². The van der Waals surface area contributed by atoms with Crippen LogP contribution in [0.15, 0.2) is 46.1 Å². The lowest BCUT2D eigenvalue weighted by atomic mass is 10.0. The van der Waals surface area contributed by atoms with Gasteiger partial charge in [-0.15, -0.1) is 0 Å². The number of nitrogens with zero attached hydrogens (tertiary/aromatic N) is 1. The summed E-state index contributed by atoms with van der Waals surface area (Å²) in [6, 6.07) is 8.83. The highest BCUT2D eigenvalue weighted by atomic mass is 31.2. The van der Waals surface area contributed by atoms with E-state index in [0.717, 1.165) is 13.0 Å². The largest absolute Gasteiger partial charge is 0.423 e. The van der Waals surface area contributed by atoms with Crippen molar-refractivity contribution in [2.24, 2.45) is 0 Å². The van der Waals surface area contributed by atoms with Gasteiger partial charge in [0, 0.05) is 25.0 Å². The summed E-state index contributed by atoms with van der Waals surface area (Å²) in [5, 5.41) is 0. The summed E-state index contributed by atoms with van der Waals surface area (Å²) in [7, 11) is -3.61. The van der Waals surface area contributed by atoms with Crippen LogP contribution in [0.1, 0.15) is 109 Å². The summed E-state index contributed by atoms with van der Waals surface area (Å²) >= 11 is 0. The van der Waals surface area contributed by atoms with Crippen LogP contribution in [0, 0.1) is 6.92 Å². The molecule has 1 N–H and O–H groups in total. The van der Waals surface area contributed by atoms with Gasteiger partial charge in [-0.05, 0) is 31.9 Å². The summed E-state index contributed by atoms with van der Waals surface area (Å²) in [6.45, 7) is 5.64. The van der Waals surface area contributed by atoms with Gasteiger partial charge in [0.25, 0.3) is 5.56 Å². The third-order valence-corrected chi connectivity index (χ3v) is 8.83. The number of aromatic amines is 1. The fraction of sp³-hybridized carbons (Fsp3) is 0.697. The van der Waals surface area contributed by atoms with Gasteiger partial charge in [0.15, 0.2) is 6.35 Å². The molecule has 1 aromatic heterocycles. The molecule has 244 valence electrons. The third-order valence-electron chi connectivity index (χ3n) is 7.27. The summed E-state index contributed by atoms with van der Waals surface area (Å²) in [4.78, 5) is 25.8. The average molecular weight is 623 g/mol. The summed E-state index contributed by atoms with van der Waals surface area (Å²) in [5.41, 5.74) is -0.513. The highest BCUT2D eigenvalue weighted by Gasteiger charge is 2.27. The van der Waals surface area contributed by atoms with Crippen LogP contribution in [-0.2, 0) is 25.1 Å². The minimum Gasteiger partial charge on any atom is -0.423 e. The zero-order valence-electron chi connectivity index (χ0n) is 26.6. The molecule has 1 atom stereocenters. The number of nitrogens with one attached hydrogen (secondary N) is 1. The van der Waals surface area contributed by atoms with Crippen molar-refractivity contribution in [3.63, 3.8) is 0 Å². The van der Waals surface area contributed by atoms with Gasteiger partial charge in [-0.2, -0.15) is 0 Å². The Morgan fingerprint density at radius 1 is 0.721 bits per heavy atom. The number of aromatic nitrogens is 2. The van der Waals surface area contributed by atoms with Gasteiger partial charge < -0.3 is 14.0 Å². The fourth-order valence-corrected chi connectivity index (χ4v) is 6.10. The van der Waals surface area contributed by atoms with E-state index in [1.54, 1.807) is 31.2 Å². The second-order valence-electron chi connectivity index (χ2n) is 11.2. The molecule has 10 heteroatoms. The first-order valence-electron chi connectivity index (χ1n) is 16.4. The Bertz CT molecular complexity index is 1140. The van der Waals surface area contributed by atoms with Crippen molar-refractivity contribution < 1.29 is 23.1 Å². The second-order valence-corrected chi connectivity index (χ2v) is 13.1. The molecule has 2 aromatic rings. The van der Waals surface area contributed by atoms with Gasteiger partial charge in [-0.1, -0.05) is 109 Å². The molecule has 43 heavy (non-hydrogen) atoms. The Kier molecular flexibility index (Phi) is 20.0. The molecule has 0 aliphatic rings. The Morgan fingerprint density at radius 3 is 1.93 bits per heavy atom. The van der Waals surface area contributed by atoms with Crippen molar-refractivity contribution in [2.75, 3.05) is 32.8 Å². The van der Waals surface area contributed by atoms with Gasteiger partial charge in [0.05, 0.1) is 19.8 Å². The van der Waals surface area contributed by atoms with E-state index in [2.05, 4.69) is 11.9 Å². The Hall–Kier alpha value is -2.19. The molecule has 9 nitrogen and oxygen atoms in total. The van der Waals surface area contributed by atoms with Crippen LogP contribution in [-0.4, -0.2) is 42.3 Å². The normalized spacial score (nSPS) is 12.8. The Balaban J connectivity index is 1.54. The summed E-state index contributed by atoms with van der Waals surface area (Å²) < 4.78 is 37.5. The van der Waals surface area contributed by atoms with E-state index >= 15 is 0 Å². The second kappa shape index (κ2) is 23.2. The SMILES string of the molecule is CCCCCCCCCCCCCCCCOCCCOP(=O)(COCCn1cc(C)c(=O)[nH]c1=O)Oc1ccccc1. The molecule has 0 saturated heterocycles. The van der Waals surface area contributed by atoms with Crippen molar-refractivity contribution in [1.82, 2.24) is 9.55 Å². The van der Waals surface area contributed by atoms with Crippen LogP contribution in [0.5, 0.6) is 5.75 Å². The number of benzene rings is 1. The van der Waals surface area contributed by atoms with Gasteiger partial charge in [0.2, 0.25) is 0 Å². The van der Waals surface area contributed by atoms with E-state index in [4.69, 9.17) is 18.5 Å².